The number of halogens is 1. The molecule has 7 aromatic carbocycles. The Bertz CT molecular complexity index is 2300. The first kappa shape index (κ1) is 34.7. The van der Waals surface area contributed by atoms with Gasteiger partial charge in [0.1, 0.15) is 11.6 Å². The molecular weight excluding hydrogens is 636 g/mol. The predicted molar refractivity (Wildman–Crippen MR) is 218 cm³/mol. The number of aryl methyl sites for hydroxylation is 1. The van der Waals surface area contributed by atoms with Gasteiger partial charge in [0.2, 0.25) is 0 Å². The van der Waals surface area contributed by atoms with Gasteiger partial charge >= 0.3 is 0 Å². The number of para-hydroxylation sites is 1. The summed E-state index contributed by atoms with van der Waals surface area (Å²) in [5.74, 6) is 0.924. The summed E-state index contributed by atoms with van der Waals surface area (Å²) < 4.78 is 22.7. The van der Waals surface area contributed by atoms with Gasteiger partial charge in [-0.2, -0.15) is 0 Å². The smallest absolute Gasteiger partial charge is 0.134 e. The van der Waals surface area contributed by atoms with Crippen LogP contribution in [0.3, 0.4) is 0 Å². The Morgan fingerprint density at radius 2 is 0.942 bits per heavy atom. The van der Waals surface area contributed by atoms with E-state index in [0.717, 1.165) is 63.1 Å². The normalized spacial score (nSPS) is 12.4. The number of benzene rings is 7. The van der Waals surface area contributed by atoms with E-state index in [1.165, 1.54) is 34.2 Å². The van der Waals surface area contributed by atoms with E-state index in [9.17, 15) is 0 Å². The Morgan fingerprint density at radius 3 is 1.50 bits per heavy atom. The summed E-state index contributed by atoms with van der Waals surface area (Å²) in [6, 6.07) is 54.4. The number of methoxy groups -OCH3 is 1. The van der Waals surface area contributed by atoms with Gasteiger partial charge in [-0.25, -0.2) is 4.39 Å². The number of hydrogen-bond donors (Lipinski definition) is 0. The lowest BCUT2D eigenvalue weighted by Gasteiger charge is -2.31. The fourth-order valence-electron chi connectivity index (χ4n) is 7.56. The zero-order valence-electron chi connectivity index (χ0n) is 30.5. The van der Waals surface area contributed by atoms with E-state index in [1.807, 2.05) is 44.2 Å². The lowest BCUT2D eigenvalue weighted by atomic mass is 9.74. The van der Waals surface area contributed by atoms with Crippen molar-refractivity contribution in [3.63, 3.8) is 0 Å². The van der Waals surface area contributed by atoms with E-state index in [-0.39, 0.29) is 5.82 Å². The van der Waals surface area contributed by atoms with Crippen LogP contribution in [0, 0.1) is 12.7 Å². The lowest BCUT2D eigenvalue weighted by Crippen LogP contribution is -2.12. The summed E-state index contributed by atoms with van der Waals surface area (Å²) in [7, 11) is 1.70. The average Bonchev–Trinajstić information content (AvgIpc) is 3.19. The van der Waals surface area contributed by atoms with Crippen molar-refractivity contribution in [1.29, 1.82) is 0 Å². The Labute approximate surface area is 308 Å². The van der Waals surface area contributed by atoms with E-state index in [1.54, 1.807) is 13.2 Å². The first-order chi connectivity index (χ1) is 25.6. The van der Waals surface area contributed by atoms with Crippen LogP contribution in [-0.2, 0) is 0 Å². The van der Waals surface area contributed by atoms with Gasteiger partial charge in [-0.15, -0.1) is 0 Å². The maximum atomic E-state index is 16.6. The van der Waals surface area contributed by atoms with Crippen molar-refractivity contribution in [2.75, 3.05) is 7.11 Å². The van der Waals surface area contributed by atoms with E-state index in [2.05, 4.69) is 128 Å². The van der Waals surface area contributed by atoms with Gasteiger partial charge in [-0.1, -0.05) is 154 Å². The monoisotopic (exact) mass is 680 g/mol. The lowest BCUT2D eigenvalue weighted by molar-refractivity contribution is 0.418. The van der Waals surface area contributed by atoms with Gasteiger partial charge in [0, 0.05) is 16.7 Å². The van der Waals surface area contributed by atoms with Crippen molar-refractivity contribution in [2.24, 2.45) is 0 Å². The van der Waals surface area contributed by atoms with Crippen molar-refractivity contribution in [2.45, 2.75) is 46.0 Å². The molecule has 1 aliphatic carbocycles. The van der Waals surface area contributed by atoms with Gasteiger partial charge in [0.15, 0.2) is 0 Å². The van der Waals surface area contributed by atoms with Gasteiger partial charge < -0.3 is 4.74 Å². The summed E-state index contributed by atoms with van der Waals surface area (Å²) in [4.78, 5) is 0. The molecule has 1 fully saturated rings. The molecule has 1 saturated carbocycles. The highest BCUT2D eigenvalue weighted by atomic mass is 19.1. The molecule has 8 rings (SSSR count). The summed E-state index contributed by atoms with van der Waals surface area (Å²) in [6.07, 6.45) is 3.44. The van der Waals surface area contributed by atoms with Crippen LogP contribution in [0.4, 0.5) is 4.39 Å². The van der Waals surface area contributed by atoms with Crippen LogP contribution in [0.1, 0.15) is 50.2 Å². The third-order valence-corrected chi connectivity index (χ3v) is 10.3. The van der Waals surface area contributed by atoms with Crippen LogP contribution in [0.25, 0.3) is 66.8 Å². The minimum atomic E-state index is -0.222. The highest BCUT2D eigenvalue weighted by molar-refractivity contribution is 5.88. The van der Waals surface area contributed by atoms with Crippen LogP contribution < -0.4 is 4.74 Å². The fraction of sp³-hybridized carbons (Fsp3) is 0.160. The Balaban J connectivity index is 0.00000207. The molecule has 258 valence electrons. The third kappa shape index (κ3) is 6.82. The summed E-state index contributed by atoms with van der Waals surface area (Å²) in [5.41, 5.74) is 14.7. The SMILES string of the molecule is CC.COc1c(-c2cccc(-c3ccccc3)c2)cccc1-c1cc(F)c(-c2cccc(-c3cccc(-c4ccccc4)c3)c2C2CCC2)cc1C. The topological polar surface area (TPSA) is 9.23 Å². The highest BCUT2D eigenvalue weighted by Crippen LogP contribution is 2.48. The molecule has 0 unspecified atom stereocenters. The molecule has 0 bridgehead atoms. The van der Waals surface area contributed by atoms with Crippen molar-refractivity contribution in [3.05, 3.63) is 175 Å². The number of hydrogen-bond acceptors (Lipinski definition) is 1. The maximum Gasteiger partial charge on any atom is 0.134 e. The molecule has 7 aromatic rings. The second kappa shape index (κ2) is 15.7. The van der Waals surface area contributed by atoms with Crippen LogP contribution in [0.15, 0.2) is 158 Å². The quantitative estimate of drug-likeness (QED) is 0.155. The van der Waals surface area contributed by atoms with Crippen molar-refractivity contribution < 1.29 is 9.13 Å². The molecule has 52 heavy (non-hydrogen) atoms. The molecule has 0 amide bonds. The minimum absolute atomic E-state index is 0.222. The van der Waals surface area contributed by atoms with Crippen LogP contribution in [0.5, 0.6) is 5.75 Å². The second-order valence-corrected chi connectivity index (χ2v) is 13.3. The van der Waals surface area contributed by atoms with Gasteiger partial charge in [-0.3, -0.25) is 0 Å². The molecule has 0 spiro atoms. The third-order valence-electron chi connectivity index (χ3n) is 10.3. The average molecular weight is 681 g/mol. The molecule has 0 radical (unpaired) electrons. The maximum absolute atomic E-state index is 16.6. The van der Waals surface area contributed by atoms with E-state index in [0.29, 0.717) is 11.5 Å². The Morgan fingerprint density at radius 1 is 0.462 bits per heavy atom. The van der Waals surface area contributed by atoms with Crippen molar-refractivity contribution in [1.82, 2.24) is 0 Å². The second-order valence-electron chi connectivity index (χ2n) is 13.3. The molecule has 0 aliphatic heterocycles. The van der Waals surface area contributed by atoms with Crippen LogP contribution >= 0.6 is 0 Å². The molecule has 2 heteroatoms. The first-order valence-corrected chi connectivity index (χ1v) is 18.5. The standard InChI is InChI=1S/C48H39FO.C2H6/c1-32-28-45(42-26-12-24-40(47(42)35-18-9-19-35)38-22-10-20-36(29-38)33-14-5-3-6-15-33)46(49)31-44(32)43-27-13-25-41(48(43)50-2)39-23-11-21-37(30-39)34-16-7-4-8-17-34;1-2/h3-8,10-17,20-31,35H,9,18-19H2,1-2H3;1-2H3. The molecule has 1 nitrogen and oxygen atoms in total. The molecule has 0 N–H and O–H groups in total. The molecule has 0 aromatic heterocycles. The molecular formula is C50H45FO. The molecule has 1 aliphatic rings. The first-order valence-electron chi connectivity index (χ1n) is 18.5. The van der Waals surface area contributed by atoms with Gasteiger partial charge in [-0.05, 0) is 111 Å². The van der Waals surface area contributed by atoms with Crippen LogP contribution in [0.2, 0.25) is 0 Å². The summed E-state index contributed by atoms with van der Waals surface area (Å²) in [5, 5.41) is 0. The molecule has 0 heterocycles. The summed E-state index contributed by atoms with van der Waals surface area (Å²) in [6.45, 7) is 6.08. The van der Waals surface area contributed by atoms with Gasteiger partial charge in [0.05, 0.1) is 7.11 Å². The predicted octanol–water partition coefficient (Wildman–Crippen LogP) is 14.4. The Kier molecular flexibility index (Phi) is 10.5. The van der Waals surface area contributed by atoms with E-state index < -0.39 is 0 Å². The van der Waals surface area contributed by atoms with E-state index in [4.69, 9.17) is 4.74 Å². The fourth-order valence-corrected chi connectivity index (χ4v) is 7.56. The van der Waals surface area contributed by atoms with Crippen molar-refractivity contribution in [3.8, 4) is 72.5 Å². The van der Waals surface area contributed by atoms with Crippen LogP contribution in [-0.4, -0.2) is 7.11 Å². The number of ether oxygens (including phenoxy) is 1. The summed E-state index contributed by atoms with van der Waals surface area (Å²) >= 11 is 0. The van der Waals surface area contributed by atoms with Gasteiger partial charge in [0.25, 0.3) is 0 Å². The minimum Gasteiger partial charge on any atom is -0.495 e. The number of rotatable bonds is 8. The molecule has 0 saturated heterocycles. The highest BCUT2D eigenvalue weighted by Gasteiger charge is 2.27. The van der Waals surface area contributed by atoms with Crippen molar-refractivity contribution >= 4 is 0 Å². The van der Waals surface area contributed by atoms with E-state index >= 15 is 4.39 Å². The Hall–Kier alpha value is -5.73. The molecule has 0 atom stereocenters. The zero-order chi connectivity index (χ0) is 36.0. The zero-order valence-corrected chi connectivity index (χ0v) is 30.5. The largest absolute Gasteiger partial charge is 0.495 e.